The maximum Gasteiger partial charge on any atom is 0.411 e. The molecule has 0 aromatic heterocycles. The minimum Gasteiger partial charge on any atom is -0.450 e. The van der Waals surface area contributed by atoms with Gasteiger partial charge in [-0.3, -0.25) is 10.1 Å². The molecule has 1 aromatic rings. The first kappa shape index (κ1) is 17.0. The molecule has 0 saturated carbocycles. The molecule has 0 aliphatic carbocycles. The molecule has 7 heteroatoms. The molecular formula is C17H22ClN3O3. The van der Waals surface area contributed by atoms with Crippen molar-refractivity contribution in [2.75, 3.05) is 31.6 Å². The van der Waals surface area contributed by atoms with Crippen molar-refractivity contribution in [2.45, 2.75) is 25.8 Å². The number of piperidine rings is 3. The van der Waals surface area contributed by atoms with Crippen LogP contribution in [-0.4, -0.2) is 49.2 Å². The minimum atomic E-state index is -0.600. The van der Waals surface area contributed by atoms with Gasteiger partial charge in [-0.15, -0.1) is 0 Å². The van der Waals surface area contributed by atoms with Gasteiger partial charge >= 0.3 is 6.09 Å². The van der Waals surface area contributed by atoms with E-state index in [0.717, 1.165) is 32.5 Å². The Labute approximate surface area is 146 Å². The normalized spacial score (nSPS) is 25.2. The van der Waals surface area contributed by atoms with Crippen molar-refractivity contribution in [3.63, 3.8) is 0 Å². The van der Waals surface area contributed by atoms with Crippen molar-refractivity contribution in [1.29, 1.82) is 0 Å². The van der Waals surface area contributed by atoms with Crippen molar-refractivity contribution in [2.24, 2.45) is 5.92 Å². The van der Waals surface area contributed by atoms with Gasteiger partial charge in [-0.05, 0) is 57.0 Å². The van der Waals surface area contributed by atoms with E-state index in [0.29, 0.717) is 22.2 Å². The van der Waals surface area contributed by atoms with Gasteiger partial charge in [0.1, 0.15) is 0 Å². The molecule has 3 aliphatic rings. The van der Waals surface area contributed by atoms with Crippen LogP contribution in [0.15, 0.2) is 18.2 Å². The van der Waals surface area contributed by atoms with E-state index in [1.165, 1.54) is 0 Å². The molecule has 24 heavy (non-hydrogen) atoms. The first-order valence-corrected chi connectivity index (χ1v) is 8.71. The van der Waals surface area contributed by atoms with E-state index in [1.807, 2.05) is 0 Å². The van der Waals surface area contributed by atoms with Gasteiger partial charge in [-0.1, -0.05) is 11.6 Å². The number of nitrogens with zero attached hydrogens (tertiary/aromatic N) is 1. The smallest absolute Gasteiger partial charge is 0.411 e. The van der Waals surface area contributed by atoms with Crippen molar-refractivity contribution < 1.29 is 14.3 Å². The largest absolute Gasteiger partial charge is 0.450 e. The Kier molecular flexibility index (Phi) is 5.26. The van der Waals surface area contributed by atoms with E-state index >= 15 is 0 Å². The predicted octanol–water partition coefficient (Wildman–Crippen LogP) is 2.73. The molecule has 4 rings (SSSR count). The molecule has 1 aromatic carbocycles. The summed E-state index contributed by atoms with van der Waals surface area (Å²) < 4.78 is 4.88. The minimum absolute atomic E-state index is 0.158. The highest BCUT2D eigenvalue weighted by Gasteiger charge is 2.35. The summed E-state index contributed by atoms with van der Waals surface area (Å²) in [7, 11) is 0. The molecule has 0 spiro atoms. The number of amides is 2. The zero-order valence-corrected chi connectivity index (χ0v) is 14.4. The van der Waals surface area contributed by atoms with E-state index in [2.05, 4.69) is 15.5 Å². The molecule has 1 atom stereocenters. The molecule has 3 fully saturated rings. The maximum absolute atomic E-state index is 12.7. The Morgan fingerprint density at radius 3 is 2.71 bits per heavy atom. The number of anilines is 1. The fourth-order valence-corrected chi connectivity index (χ4v) is 3.64. The number of ether oxygens (including phenoxy) is 1. The molecule has 130 valence electrons. The average Bonchev–Trinajstić information content (AvgIpc) is 2.56. The van der Waals surface area contributed by atoms with Crippen LogP contribution in [0.3, 0.4) is 0 Å². The highest BCUT2D eigenvalue weighted by Crippen LogP contribution is 2.28. The monoisotopic (exact) mass is 351 g/mol. The summed E-state index contributed by atoms with van der Waals surface area (Å²) in [5.41, 5.74) is 0.753. The first-order chi connectivity index (χ1) is 11.6. The van der Waals surface area contributed by atoms with E-state index in [-0.39, 0.29) is 18.6 Å². The van der Waals surface area contributed by atoms with Gasteiger partial charge in [-0.25, -0.2) is 4.79 Å². The third-order valence-electron chi connectivity index (χ3n) is 4.71. The predicted molar refractivity (Wildman–Crippen MR) is 92.5 cm³/mol. The molecular weight excluding hydrogens is 330 g/mol. The Morgan fingerprint density at radius 1 is 1.33 bits per heavy atom. The Balaban J connectivity index is 1.73. The second kappa shape index (κ2) is 7.40. The fourth-order valence-electron chi connectivity index (χ4n) is 3.47. The van der Waals surface area contributed by atoms with Gasteiger partial charge in [0.15, 0.2) is 0 Å². The van der Waals surface area contributed by atoms with Gasteiger partial charge < -0.3 is 15.0 Å². The third-order valence-corrected chi connectivity index (χ3v) is 4.95. The number of carbonyl (C=O) groups is 2. The van der Waals surface area contributed by atoms with E-state index in [9.17, 15) is 9.59 Å². The van der Waals surface area contributed by atoms with Gasteiger partial charge in [0.05, 0.1) is 17.9 Å². The number of nitrogens with one attached hydrogen (secondary N) is 2. The van der Waals surface area contributed by atoms with Crippen LogP contribution in [-0.2, 0) is 4.74 Å². The third kappa shape index (κ3) is 3.82. The lowest BCUT2D eigenvalue weighted by atomic mass is 9.84. The zero-order chi connectivity index (χ0) is 17.1. The lowest BCUT2D eigenvalue weighted by Gasteiger charge is -2.44. The quantitative estimate of drug-likeness (QED) is 0.875. The maximum atomic E-state index is 12.7. The van der Waals surface area contributed by atoms with Crippen LogP contribution in [0.25, 0.3) is 0 Å². The lowest BCUT2D eigenvalue weighted by molar-refractivity contribution is 0.0621. The van der Waals surface area contributed by atoms with Crippen LogP contribution >= 0.6 is 11.6 Å². The number of carbonyl (C=O) groups excluding carboxylic acids is 2. The van der Waals surface area contributed by atoms with E-state index in [4.69, 9.17) is 16.3 Å². The summed E-state index contributed by atoms with van der Waals surface area (Å²) in [6.07, 6.45) is 1.65. The average molecular weight is 352 g/mol. The summed E-state index contributed by atoms with van der Waals surface area (Å²) in [5, 5.41) is 6.15. The van der Waals surface area contributed by atoms with Crippen LogP contribution in [0.5, 0.6) is 0 Å². The van der Waals surface area contributed by atoms with Crippen LogP contribution in [0, 0.1) is 5.92 Å². The number of rotatable bonds is 4. The van der Waals surface area contributed by atoms with Crippen LogP contribution < -0.4 is 10.6 Å². The Bertz CT molecular complexity index is 630. The molecule has 2 amide bonds. The Hall–Kier alpha value is -1.79. The topological polar surface area (TPSA) is 70.7 Å². The lowest BCUT2D eigenvalue weighted by Crippen LogP contribution is -2.57. The van der Waals surface area contributed by atoms with Gasteiger partial charge in [0.2, 0.25) is 0 Å². The summed E-state index contributed by atoms with van der Waals surface area (Å²) >= 11 is 5.99. The molecule has 3 heterocycles. The highest BCUT2D eigenvalue weighted by atomic mass is 35.5. The van der Waals surface area contributed by atoms with Crippen LogP contribution in [0.1, 0.15) is 30.1 Å². The second-order valence-electron chi connectivity index (χ2n) is 6.25. The van der Waals surface area contributed by atoms with Gasteiger partial charge in [0, 0.05) is 17.6 Å². The Morgan fingerprint density at radius 2 is 2.08 bits per heavy atom. The van der Waals surface area contributed by atoms with Crippen LogP contribution in [0.2, 0.25) is 5.02 Å². The van der Waals surface area contributed by atoms with Crippen molar-refractivity contribution in [3.05, 3.63) is 28.8 Å². The van der Waals surface area contributed by atoms with Crippen molar-refractivity contribution in [3.8, 4) is 0 Å². The first-order valence-electron chi connectivity index (χ1n) is 8.33. The molecule has 6 nitrogen and oxygen atoms in total. The second-order valence-corrected chi connectivity index (χ2v) is 6.69. The zero-order valence-electron chi connectivity index (χ0n) is 13.7. The number of hydrogen-bond acceptors (Lipinski definition) is 4. The van der Waals surface area contributed by atoms with Crippen molar-refractivity contribution >= 4 is 29.3 Å². The summed E-state index contributed by atoms with van der Waals surface area (Å²) in [4.78, 5) is 26.8. The summed E-state index contributed by atoms with van der Waals surface area (Å²) in [6.45, 7) is 5.11. The van der Waals surface area contributed by atoms with Crippen molar-refractivity contribution in [1.82, 2.24) is 10.2 Å². The van der Waals surface area contributed by atoms with Gasteiger partial charge in [-0.2, -0.15) is 0 Å². The molecule has 2 bridgehead atoms. The molecule has 2 N–H and O–H groups in total. The number of benzene rings is 1. The SMILES string of the molecule is CCOC(=O)Nc1cc(Cl)ccc1C(=O)NC1CN2CCC1CC2. The fraction of sp³-hybridized carbons (Fsp3) is 0.529. The van der Waals surface area contributed by atoms with Crippen LogP contribution in [0.4, 0.5) is 10.5 Å². The van der Waals surface area contributed by atoms with Gasteiger partial charge in [0.25, 0.3) is 5.91 Å². The van der Waals surface area contributed by atoms with E-state index in [1.54, 1.807) is 25.1 Å². The standard InChI is InChI=1S/C17H22ClN3O3/c1-2-24-17(23)20-14-9-12(18)3-4-13(14)16(22)19-15-10-21-7-5-11(15)6-8-21/h3-4,9,11,15H,2,5-8,10H2,1H3,(H,19,22)(H,20,23). The van der Waals surface area contributed by atoms with E-state index < -0.39 is 6.09 Å². The highest BCUT2D eigenvalue weighted by molar-refractivity contribution is 6.31. The molecule has 0 radical (unpaired) electrons. The summed E-state index contributed by atoms with van der Waals surface area (Å²) in [5.74, 6) is 0.338. The number of fused-ring (bicyclic) bond motifs is 3. The molecule has 1 unspecified atom stereocenters. The summed E-state index contributed by atoms with van der Waals surface area (Å²) in [6, 6.07) is 4.99. The number of hydrogen-bond donors (Lipinski definition) is 2. The molecule has 3 aliphatic heterocycles. The number of halogens is 1. The molecule has 3 saturated heterocycles.